The van der Waals surface area contributed by atoms with Crippen molar-refractivity contribution < 1.29 is 0 Å². The second-order valence-corrected chi connectivity index (χ2v) is 6.93. The first-order chi connectivity index (χ1) is 12.4. The quantitative estimate of drug-likeness (QED) is 0.620. The minimum atomic E-state index is 0. The molecule has 2 heterocycles. The average Bonchev–Trinajstić information content (AvgIpc) is 2.72. The van der Waals surface area contributed by atoms with Gasteiger partial charge >= 0.3 is 0 Å². The summed E-state index contributed by atoms with van der Waals surface area (Å²) in [6.45, 7) is 4.98. The van der Waals surface area contributed by atoms with Crippen LogP contribution in [0, 0.1) is 0 Å². The van der Waals surface area contributed by atoms with Gasteiger partial charge in [-0.1, -0.05) is 61.8 Å². The molecule has 2 fully saturated rings. The molecule has 4 rings (SSSR count). The molecular weight excluding hydrogens is 340 g/mol. The minimum Gasteiger partial charge on any atom is -0.372 e. The molecule has 0 spiro atoms. The summed E-state index contributed by atoms with van der Waals surface area (Å²) in [5.74, 6) is 0. The lowest BCUT2D eigenvalue weighted by molar-refractivity contribution is 0.520. The zero-order valence-electron chi connectivity index (χ0n) is 15.2. The molecule has 0 atom stereocenters. The summed E-state index contributed by atoms with van der Waals surface area (Å²) < 4.78 is 0. The highest BCUT2D eigenvalue weighted by molar-refractivity contribution is 6.30. The minimum absolute atomic E-state index is 0. The third-order valence-electron chi connectivity index (χ3n) is 4.42. The lowest BCUT2D eigenvalue weighted by Crippen LogP contribution is -2.29. The first kappa shape index (κ1) is 22.5. The van der Waals surface area contributed by atoms with E-state index in [1.165, 1.54) is 70.4 Å². The van der Waals surface area contributed by atoms with Gasteiger partial charge in [-0.25, -0.2) is 0 Å². The van der Waals surface area contributed by atoms with Crippen molar-refractivity contribution >= 4 is 17.3 Å². The van der Waals surface area contributed by atoms with E-state index in [1.807, 2.05) is 30.3 Å². The van der Waals surface area contributed by atoms with Crippen molar-refractivity contribution in [2.24, 2.45) is 0 Å². The van der Waals surface area contributed by atoms with E-state index in [2.05, 4.69) is 40.5 Å². The van der Waals surface area contributed by atoms with Crippen LogP contribution >= 0.6 is 11.6 Å². The predicted octanol–water partition coefficient (Wildman–Crippen LogP) is 6.41. The third kappa shape index (κ3) is 9.84. The smallest absolute Gasteiger partial charge is 0.0405 e. The number of piperidine rings is 2. The second-order valence-electron chi connectivity index (χ2n) is 6.49. The number of anilines is 1. The third-order valence-corrected chi connectivity index (χ3v) is 4.67. The van der Waals surface area contributed by atoms with Crippen LogP contribution in [0.15, 0.2) is 60.7 Å². The van der Waals surface area contributed by atoms with Gasteiger partial charge in [-0.15, -0.1) is 0 Å². The summed E-state index contributed by atoms with van der Waals surface area (Å²) in [6, 6.07) is 20.2. The molecule has 144 valence electrons. The molecule has 26 heavy (non-hydrogen) atoms. The summed E-state index contributed by atoms with van der Waals surface area (Å²) in [4.78, 5) is 2.48. The zero-order chi connectivity index (χ0) is 17.6. The Kier molecular flexibility index (Phi) is 12.7. The van der Waals surface area contributed by atoms with Crippen molar-refractivity contribution in [1.29, 1.82) is 0 Å². The van der Waals surface area contributed by atoms with Gasteiger partial charge in [0.05, 0.1) is 0 Å². The van der Waals surface area contributed by atoms with Crippen LogP contribution in [0.3, 0.4) is 0 Å². The van der Waals surface area contributed by atoms with Crippen molar-refractivity contribution in [3.05, 3.63) is 65.7 Å². The molecule has 0 saturated carbocycles. The van der Waals surface area contributed by atoms with E-state index in [9.17, 15) is 0 Å². The van der Waals surface area contributed by atoms with Gasteiger partial charge in [-0.2, -0.15) is 0 Å². The van der Waals surface area contributed by atoms with E-state index in [4.69, 9.17) is 11.6 Å². The van der Waals surface area contributed by atoms with Crippen LogP contribution in [-0.4, -0.2) is 26.2 Å². The fourth-order valence-electron chi connectivity index (χ4n) is 3.01. The SMILES string of the molecule is C.C1CCNCC1.Clc1ccccc1.c1ccc(N2CCCCC2)cc1. The van der Waals surface area contributed by atoms with Crippen LogP contribution in [0.1, 0.15) is 46.0 Å². The van der Waals surface area contributed by atoms with Crippen molar-refractivity contribution in [2.45, 2.75) is 46.0 Å². The Balaban J connectivity index is 0.000000208. The van der Waals surface area contributed by atoms with Gasteiger partial charge in [0.25, 0.3) is 0 Å². The molecule has 3 heteroatoms. The van der Waals surface area contributed by atoms with E-state index in [-0.39, 0.29) is 7.43 Å². The normalized spacial score (nSPS) is 16.1. The Morgan fingerprint density at radius 3 is 1.54 bits per heavy atom. The maximum atomic E-state index is 5.54. The van der Waals surface area contributed by atoms with E-state index < -0.39 is 0 Å². The Labute approximate surface area is 165 Å². The van der Waals surface area contributed by atoms with Gasteiger partial charge in [0, 0.05) is 23.8 Å². The predicted molar refractivity (Wildman–Crippen MR) is 117 cm³/mol. The molecule has 2 aliphatic rings. The first-order valence-corrected chi connectivity index (χ1v) is 9.95. The van der Waals surface area contributed by atoms with Gasteiger partial charge < -0.3 is 10.2 Å². The maximum Gasteiger partial charge on any atom is 0.0405 e. The number of hydrogen-bond acceptors (Lipinski definition) is 2. The van der Waals surface area contributed by atoms with Gasteiger partial charge in [-0.05, 0) is 69.5 Å². The van der Waals surface area contributed by atoms with Crippen molar-refractivity contribution in [3.8, 4) is 0 Å². The van der Waals surface area contributed by atoms with Gasteiger partial charge in [0.15, 0.2) is 0 Å². The lowest BCUT2D eigenvalue weighted by atomic mass is 10.1. The highest BCUT2D eigenvalue weighted by Gasteiger charge is 2.09. The number of benzene rings is 2. The second kappa shape index (κ2) is 14.6. The van der Waals surface area contributed by atoms with Crippen molar-refractivity contribution in [2.75, 3.05) is 31.1 Å². The molecule has 0 unspecified atom stereocenters. The summed E-state index contributed by atoms with van der Waals surface area (Å²) in [5, 5.41) is 4.08. The van der Waals surface area contributed by atoms with Crippen LogP contribution < -0.4 is 10.2 Å². The number of hydrogen-bond donors (Lipinski definition) is 1. The lowest BCUT2D eigenvalue weighted by Gasteiger charge is -2.28. The van der Waals surface area contributed by atoms with Crippen LogP contribution in [0.25, 0.3) is 0 Å². The van der Waals surface area contributed by atoms with Gasteiger partial charge in [-0.3, -0.25) is 0 Å². The molecule has 0 aliphatic carbocycles. The molecule has 0 amide bonds. The molecule has 2 aliphatic heterocycles. The number of nitrogens with zero attached hydrogens (tertiary/aromatic N) is 1. The van der Waals surface area contributed by atoms with Crippen molar-refractivity contribution in [3.63, 3.8) is 0 Å². The standard InChI is InChI=1S/C11H15N.C6H5Cl.C5H11N.CH4/c1-3-7-11(8-4-1)12-9-5-2-6-10-12;7-6-4-2-1-3-5-6;1-2-4-6-5-3-1;/h1,3-4,7-8H,2,5-6,9-10H2;1-5H;6H,1-5H2;1H4. The molecule has 2 aromatic rings. The average molecular weight is 375 g/mol. The summed E-state index contributed by atoms with van der Waals surface area (Å²) >= 11 is 5.54. The topological polar surface area (TPSA) is 15.3 Å². The fourth-order valence-corrected chi connectivity index (χ4v) is 3.15. The zero-order valence-corrected chi connectivity index (χ0v) is 15.9. The van der Waals surface area contributed by atoms with E-state index in [0.717, 1.165) is 5.02 Å². The molecule has 0 aromatic heterocycles. The fraction of sp³-hybridized carbons (Fsp3) is 0.478. The number of nitrogens with one attached hydrogen (secondary N) is 1. The van der Waals surface area contributed by atoms with Gasteiger partial charge in [0.2, 0.25) is 0 Å². The van der Waals surface area contributed by atoms with E-state index in [1.54, 1.807) is 0 Å². The molecule has 0 radical (unpaired) electrons. The van der Waals surface area contributed by atoms with Crippen LogP contribution in [0.5, 0.6) is 0 Å². The number of halogens is 1. The summed E-state index contributed by atoms with van der Waals surface area (Å²) in [5.41, 5.74) is 1.39. The molecule has 2 saturated heterocycles. The Morgan fingerprint density at radius 2 is 1.15 bits per heavy atom. The maximum absolute atomic E-state index is 5.54. The summed E-state index contributed by atoms with van der Waals surface area (Å²) in [7, 11) is 0. The number of para-hydroxylation sites is 1. The van der Waals surface area contributed by atoms with Crippen molar-refractivity contribution in [1.82, 2.24) is 5.32 Å². The van der Waals surface area contributed by atoms with E-state index in [0.29, 0.717) is 0 Å². The Bertz CT molecular complexity index is 523. The van der Waals surface area contributed by atoms with Crippen LogP contribution in [0.4, 0.5) is 5.69 Å². The first-order valence-electron chi connectivity index (χ1n) is 9.57. The van der Waals surface area contributed by atoms with Gasteiger partial charge in [0.1, 0.15) is 0 Å². The summed E-state index contributed by atoms with van der Waals surface area (Å²) in [6.07, 6.45) is 8.33. The molecular formula is C23H35ClN2. The highest BCUT2D eigenvalue weighted by atomic mass is 35.5. The van der Waals surface area contributed by atoms with E-state index >= 15 is 0 Å². The monoisotopic (exact) mass is 374 g/mol. The van der Waals surface area contributed by atoms with Crippen LogP contribution in [-0.2, 0) is 0 Å². The Hall–Kier alpha value is -1.51. The Morgan fingerprint density at radius 1 is 0.654 bits per heavy atom. The molecule has 2 nitrogen and oxygen atoms in total. The molecule has 2 aromatic carbocycles. The molecule has 0 bridgehead atoms. The molecule has 1 N–H and O–H groups in total. The largest absolute Gasteiger partial charge is 0.372 e. The van der Waals surface area contributed by atoms with Crippen LogP contribution in [0.2, 0.25) is 5.02 Å². The highest BCUT2D eigenvalue weighted by Crippen LogP contribution is 2.18. The number of rotatable bonds is 1.